The molecule has 0 radical (unpaired) electrons. The van der Waals surface area contributed by atoms with E-state index in [2.05, 4.69) is 15.0 Å². The summed E-state index contributed by atoms with van der Waals surface area (Å²) in [6.07, 6.45) is 3.39. The quantitative estimate of drug-likeness (QED) is 0.773. The maximum atomic E-state index is 11.8. The molecular formula is C16H13N3O. The molecule has 4 heteroatoms. The average molecular weight is 263 g/mol. The number of nitrogens with zero attached hydrogens (tertiary/aromatic N) is 2. The van der Waals surface area contributed by atoms with E-state index in [1.165, 1.54) is 6.07 Å². The van der Waals surface area contributed by atoms with Crippen LogP contribution in [0.5, 0.6) is 0 Å². The number of nitrogens with one attached hydrogen (secondary N) is 1. The second-order valence-electron chi connectivity index (χ2n) is 4.53. The molecule has 0 aliphatic carbocycles. The summed E-state index contributed by atoms with van der Waals surface area (Å²) in [6.45, 7) is 1.99. The lowest BCUT2D eigenvalue weighted by Gasteiger charge is -2.07. The Morgan fingerprint density at radius 2 is 1.80 bits per heavy atom. The van der Waals surface area contributed by atoms with Crippen LogP contribution in [0.2, 0.25) is 0 Å². The van der Waals surface area contributed by atoms with Crippen LogP contribution in [0.3, 0.4) is 0 Å². The number of hydrogen-bond acceptors (Lipinski definition) is 3. The van der Waals surface area contributed by atoms with E-state index in [4.69, 9.17) is 0 Å². The van der Waals surface area contributed by atoms with E-state index in [-0.39, 0.29) is 5.56 Å². The maximum absolute atomic E-state index is 11.8. The molecule has 0 aliphatic rings. The third-order valence-electron chi connectivity index (χ3n) is 3.13. The predicted octanol–water partition coefficient (Wildman–Crippen LogP) is 2.81. The van der Waals surface area contributed by atoms with Gasteiger partial charge in [0, 0.05) is 29.6 Å². The highest BCUT2D eigenvalue weighted by Crippen LogP contribution is 2.21. The molecule has 0 fully saturated rings. The first-order valence-corrected chi connectivity index (χ1v) is 6.32. The molecule has 0 aliphatic heterocycles. The fourth-order valence-corrected chi connectivity index (χ4v) is 2.11. The van der Waals surface area contributed by atoms with Crippen LogP contribution in [0.25, 0.3) is 22.6 Å². The second-order valence-corrected chi connectivity index (χ2v) is 4.53. The number of hydrogen-bond donors (Lipinski definition) is 1. The number of aromatic amines is 1. The van der Waals surface area contributed by atoms with Gasteiger partial charge in [0.2, 0.25) is 0 Å². The van der Waals surface area contributed by atoms with Crippen LogP contribution in [0.1, 0.15) is 5.56 Å². The maximum Gasteiger partial charge on any atom is 0.273 e. The van der Waals surface area contributed by atoms with Gasteiger partial charge in [0.15, 0.2) is 0 Å². The van der Waals surface area contributed by atoms with Crippen molar-refractivity contribution < 1.29 is 0 Å². The largest absolute Gasteiger partial charge is 0.339 e. The Balaban J connectivity index is 2.18. The summed E-state index contributed by atoms with van der Waals surface area (Å²) < 4.78 is 0. The smallest absolute Gasteiger partial charge is 0.273 e. The zero-order valence-corrected chi connectivity index (χ0v) is 11.0. The summed E-state index contributed by atoms with van der Waals surface area (Å²) in [5.74, 6) is 0.586. The fourth-order valence-electron chi connectivity index (χ4n) is 2.11. The SMILES string of the molecule is Cc1ccccc1-c1nc(=O)cc(-c2ccncc2)[nH]1. The number of pyridine rings is 1. The van der Waals surface area contributed by atoms with E-state index in [0.29, 0.717) is 5.82 Å². The summed E-state index contributed by atoms with van der Waals surface area (Å²) in [5.41, 5.74) is 3.40. The predicted molar refractivity (Wildman–Crippen MR) is 78.3 cm³/mol. The molecule has 3 rings (SSSR count). The molecule has 98 valence electrons. The summed E-state index contributed by atoms with van der Waals surface area (Å²) in [4.78, 5) is 23.1. The number of aromatic nitrogens is 3. The lowest BCUT2D eigenvalue weighted by Crippen LogP contribution is -2.09. The van der Waals surface area contributed by atoms with Gasteiger partial charge >= 0.3 is 0 Å². The fraction of sp³-hybridized carbons (Fsp3) is 0.0625. The molecule has 0 amide bonds. The third kappa shape index (κ3) is 2.36. The van der Waals surface area contributed by atoms with Crippen molar-refractivity contribution in [1.29, 1.82) is 0 Å². The monoisotopic (exact) mass is 263 g/mol. The van der Waals surface area contributed by atoms with Gasteiger partial charge in [-0.15, -0.1) is 0 Å². The van der Waals surface area contributed by atoms with Crippen molar-refractivity contribution in [2.75, 3.05) is 0 Å². The molecule has 1 aromatic carbocycles. The summed E-state index contributed by atoms with van der Waals surface area (Å²) in [5, 5.41) is 0. The molecule has 1 N–H and O–H groups in total. The molecule has 0 bridgehead atoms. The highest BCUT2D eigenvalue weighted by molar-refractivity contribution is 5.64. The van der Waals surface area contributed by atoms with Crippen molar-refractivity contribution >= 4 is 0 Å². The molecule has 0 saturated carbocycles. The minimum atomic E-state index is -0.256. The number of benzene rings is 1. The molecule has 0 unspecified atom stereocenters. The minimum Gasteiger partial charge on any atom is -0.339 e. The highest BCUT2D eigenvalue weighted by atomic mass is 16.1. The van der Waals surface area contributed by atoms with E-state index in [1.807, 2.05) is 43.3 Å². The van der Waals surface area contributed by atoms with Gasteiger partial charge in [0.25, 0.3) is 5.56 Å². The first kappa shape index (κ1) is 12.3. The number of aryl methyl sites for hydroxylation is 1. The van der Waals surface area contributed by atoms with Gasteiger partial charge in [-0.2, -0.15) is 4.98 Å². The van der Waals surface area contributed by atoms with Crippen LogP contribution in [0.15, 0.2) is 59.7 Å². The van der Waals surface area contributed by atoms with Crippen LogP contribution >= 0.6 is 0 Å². The van der Waals surface area contributed by atoms with Crippen LogP contribution in [-0.2, 0) is 0 Å². The van der Waals surface area contributed by atoms with E-state index >= 15 is 0 Å². The first-order valence-electron chi connectivity index (χ1n) is 6.32. The van der Waals surface area contributed by atoms with Crippen LogP contribution in [-0.4, -0.2) is 15.0 Å². The van der Waals surface area contributed by atoms with Crippen molar-refractivity contribution in [1.82, 2.24) is 15.0 Å². The van der Waals surface area contributed by atoms with Gasteiger partial charge < -0.3 is 4.98 Å². The Bertz CT molecular complexity index is 794. The van der Waals surface area contributed by atoms with Crippen LogP contribution < -0.4 is 5.56 Å². The van der Waals surface area contributed by atoms with Gasteiger partial charge in [0.1, 0.15) is 5.82 Å². The summed E-state index contributed by atoms with van der Waals surface area (Å²) in [6, 6.07) is 13.0. The topological polar surface area (TPSA) is 58.6 Å². The minimum absolute atomic E-state index is 0.256. The molecule has 2 heterocycles. The van der Waals surface area contributed by atoms with Crippen molar-refractivity contribution in [3.05, 3.63) is 70.8 Å². The van der Waals surface area contributed by atoms with Crippen molar-refractivity contribution in [2.24, 2.45) is 0 Å². The molecule has 0 spiro atoms. The molecule has 0 saturated heterocycles. The van der Waals surface area contributed by atoms with Crippen LogP contribution in [0, 0.1) is 6.92 Å². The van der Waals surface area contributed by atoms with Gasteiger partial charge in [-0.05, 0) is 24.6 Å². The zero-order chi connectivity index (χ0) is 13.9. The lowest BCUT2D eigenvalue weighted by molar-refractivity contribution is 1.12. The van der Waals surface area contributed by atoms with E-state index in [1.54, 1.807) is 12.4 Å². The third-order valence-corrected chi connectivity index (χ3v) is 3.13. The van der Waals surface area contributed by atoms with Crippen LogP contribution in [0.4, 0.5) is 0 Å². The molecule has 4 nitrogen and oxygen atoms in total. The molecule has 20 heavy (non-hydrogen) atoms. The van der Waals surface area contributed by atoms with E-state index in [0.717, 1.165) is 22.4 Å². The molecule has 0 atom stereocenters. The van der Waals surface area contributed by atoms with Gasteiger partial charge in [-0.3, -0.25) is 9.78 Å². The zero-order valence-electron chi connectivity index (χ0n) is 11.0. The average Bonchev–Trinajstić information content (AvgIpc) is 2.48. The Morgan fingerprint density at radius 1 is 1.05 bits per heavy atom. The Hall–Kier alpha value is -2.75. The second kappa shape index (κ2) is 5.09. The van der Waals surface area contributed by atoms with E-state index in [9.17, 15) is 4.79 Å². The number of rotatable bonds is 2. The molecular weight excluding hydrogens is 250 g/mol. The van der Waals surface area contributed by atoms with Crippen molar-refractivity contribution in [2.45, 2.75) is 6.92 Å². The standard InChI is InChI=1S/C16H13N3O/c1-11-4-2-3-5-13(11)16-18-14(10-15(20)19-16)12-6-8-17-9-7-12/h2-10H,1H3,(H,18,19,20). The highest BCUT2D eigenvalue weighted by Gasteiger charge is 2.07. The van der Waals surface area contributed by atoms with Gasteiger partial charge in [-0.25, -0.2) is 0 Å². The van der Waals surface area contributed by atoms with Crippen molar-refractivity contribution in [3.63, 3.8) is 0 Å². The molecule has 3 aromatic rings. The Labute approximate surface area is 116 Å². The molecule has 2 aromatic heterocycles. The summed E-state index contributed by atoms with van der Waals surface area (Å²) in [7, 11) is 0. The Morgan fingerprint density at radius 3 is 2.55 bits per heavy atom. The lowest BCUT2D eigenvalue weighted by atomic mass is 10.1. The summed E-state index contributed by atoms with van der Waals surface area (Å²) >= 11 is 0. The van der Waals surface area contributed by atoms with Gasteiger partial charge in [0.05, 0.1) is 5.69 Å². The Kier molecular flexibility index (Phi) is 3.13. The normalized spacial score (nSPS) is 10.4. The van der Waals surface area contributed by atoms with Gasteiger partial charge in [-0.1, -0.05) is 24.3 Å². The van der Waals surface area contributed by atoms with E-state index < -0.39 is 0 Å². The number of H-pyrrole nitrogens is 1. The van der Waals surface area contributed by atoms with Crippen molar-refractivity contribution in [3.8, 4) is 22.6 Å². The first-order chi connectivity index (χ1) is 9.74.